The van der Waals surface area contributed by atoms with Crippen LogP contribution in [0.1, 0.15) is 43.9 Å². The molecule has 0 bridgehead atoms. The molecule has 5 heteroatoms. The van der Waals surface area contributed by atoms with E-state index in [0.29, 0.717) is 13.0 Å². The summed E-state index contributed by atoms with van der Waals surface area (Å²) in [5.74, 6) is 0.189. The molecule has 18 heavy (non-hydrogen) atoms. The lowest BCUT2D eigenvalue weighted by molar-refractivity contribution is 0.564. The molecule has 1 unspecified atom stereocenters. The lowest BCUT2D eigenvalue weighted by atomic mass is 10.1. The number of rotatable bonds is 7. The van der Waals surface area contributed by atoms with Crippen molar-refractivity contribution < 1.29 is 8.42 Å². The molecule has 0 aliphatic carbocycles. The van der Waals surface area contributed by atoms with Gasteiger partial charge in [0.1, 0.15) is 0 Å². The first kappa shape index (κ1) is 15.1. The van der Waals surface area contributed by atoms with Gasteiger partial charge < -0.3 is 5.73 Å². The molecule has 0 spiro atoms. The van der Waals surface area contributed by atoms with E-state index < -0.39 is 10.0 Å². The van der Waals surface area contributed by atoms with Crippen molar-refractivity contribution in [3.8, 4) is 0 Å². The van der Waals surface area contributed by atoms with E-state index in [9.17, 15) is 8.42 Å². The lowest BCUT2D eigenvalue weighted by Crippen LogP contribution is -2.29. The van der Waals surface area contributed by atoms with Crippen LogP contribution in [0.2, 0.25) is 0 Å². The number of sulfonamides is 1. The smallest absolute Gasteiger partial charge is 0.212 e. The zero-order valence-electron chi connectivity index (χ0n) is 11.0. The van der Waals surface area contributed by atoms with E-state index in [-0.39, 0.29) is 11.8 Å². The van der Waals surface area contributed by atoms with Crippen molar-refractivity contribution in [1.29, 1.82) is 0 Å². The second kappa shape index (κ2) is 6.87. The maximum absolute atomic E-state index is 11.8. The Morgan fingerprint density at radius 1 is 1.28 bits per heavy atom. The van der Waals surface area contributed by atoms with Gasteiger partial charge in [-0.2, -0.15) is 0 Å². The molecule has 0 aliphatic rings. The third-order valence-corrected chi connectivity index (χ3v) is 4.38. The van der Waals surface area contributed by atoms with Crippen LogP contribution < -0.4 is 10.5 Å². The topological polar surface area (TPSA) is 72.2 Å². The van der Waals surface area contributed by atoms with E-state index >= 15 is 0 Å². The van der Waals surface area contributed by atoms with E-state index in [1.165, 1.54) is 0 Å². The number of hydrogen-bond acceptors (Lipinski definition) is 3. The maximum Gasteiger partial charge on any atom is 0.212 e. The van der Waals surface area contributed by atoms with Crippen LogP contribution in [0.25, 0.3) is 0 Å². The maximum atomic E-state index is 11.8. The van der Waals surface area contributed by atoms with Gasteiger partial charge in [-0.05, 0) is 24.5 Å². The third-order valence-electron chi connectivity index (χ3n) is 2.84. The molecule has 1 atom stereocenters. The molecule has 0 amide bonds. The Morgan fingerprint density at radius 3 is 2.39 bits per heavy atom. The second-order valence-electron chi connectivity index (χ2n) is 4.46. The zero-order chi connectivity index (χ0) is 13.6. The summed E-state index contributed by atoms with van der Waals surface area (Å²) in [7, 11) is -3.18. The number of nitrogens with one attached hydrogen (secondary N) is 1. The number of nitrogens with two attached hydrogens (primary N) is 1. The minimum absolute atomic E-state index is 0.189. The Morgan fingerprint density at radius 2 is 1.89 bits per heavy atom. The quantitative estimate of drug-likeness (QED) is 0.795. The van der Waals surface area contributed by atoms with Gasteiger partial charge in [-0.1, -0.05) is 37.6 Å². The van der Waals surface area contributed by atoms with Crippen molar-refractivity contribution in [2.24, 2.45) is 5.73 Å². The normalized spacial score (nSPS) is 13.5. The molecule has 1 aromatic rings. The standard InChI is InChI=1S/C13H22N2O2S/c1-3-4-9-18(16,17)15-11(2)13-7-5-12(10-14)6-8-13/h5-8,11,15H,3-4,9-10,14H2,1-2H3. The molecular formula is C13H22N2O2S. The third kappa shape index (κ3) is 4.76. The van der Waals surface area contributed by atoms with Gasteiger partial charge in [-0.3, -0.25) is 0 Å². The fourth-order valence-electron chi connectivity index (χ4n) is 1.67. The monoisotopic (exact) mass is 270 g/mol. The number of benzene rings is 1. The molecule has 0 saturated carbocycles. The molecule has 102 valence electrons. The summed E-state index contributed by atoms with van der Waals surface area (Å²) in [6, 6.07) is 7.46. The molecule has 0 heterocycles. The summed E-state index contributed by atoms with van der Waals surface area (Å²) in [5.41, 5.74) is 7.51. The first-order chi connectivity index (χ1) is 8.48. The summed E-state index contributed by atoms with van der Waals surface area (Å²) < 4.78 is 26.2. The van der Waals surface area contributed by atoms with Crippen molar-refractivity contribution >= 4 is 10.0 Å². The molecule has 1 aromatic carbocycles. The Labute approximate surface area is 110 Å². The number of unbranched alkanes of at least 4 members (excludes halogenated alkanes) is 1. The van der Waals surface area contributed by atoms with Crippen molar-refractivity contribution in [3.05, 3.63) is 35.4 Å². The summed E-state index contributed by atoms with van der Waals surface area (Å²) in [5, 5.41) is 0. The van der Waals surface area contributed by atoms with Gasteiger partial charge in [0.2, 0.25) is 10.0 Å². The van der Waals surface area contributed by atoms with Crippen molar-refractivity contribution in [1.82, 2.24) is 4.72 Å². The van der Waals surface area contributed by atoms with Gasteiger partial charge in [-0.15, -0.1) is 0 Å². The van der Waals surface area contributed by atoms with E-state index in [2.05, 4.69) is 4.72 Å². The van der Waals surface area contributed by atoms with Crippen LogP contribution in [0, 0.1) is 0 Å². The summed E-state index contributed by atoms with van der Waals surface area (Å²) in [6.07, 6.45) is 1.56. The van der Waals surface area contributed by atoms with Gasteiger partial charge in [0.25, 0.3) is 0 Å². The predicted octanol–water partition coefficient (Wildman–Crippen LogP) is 1.93. The SMILES string of the molecule is CCCCS(=O)(=O)NC(C)c1ccc(CN)cc1. The van der Waals surface area contributed by atoms with Crippen LogP contribution in [0.4, 0.5) is 0 Å². The molecule has 4 nitrogen and oxygen atoms in total. The zero-order valence-corrected chi connectivity index (χ0v) is 11.8. The van der Waals surface area contributed by atoms with E-state index in [1.807, 2.05) is 38.1 Å². The van der Waals surface area contributed by atoms with E-state index in [1.54, 1.807) is 0 Å². The fourth-order valence-corrected chi connectivity index (χ4v) is 3.13. The lowest BCUT2D eigenvalue weighted by Gasteiger charge is -2.14. The Balaban J connectivity index is 2.66. The average molecular weight is 270 g/mol. The highest BCUT2D eigenvalue weighted by Gasteiger charge is 2.14. The molecule has 0 fully saturated rings. The van der Waals surface area contributed by atoms with E-state index in [4.69, 9.17) is 5.73 Å². The Hall–Kier alpha value is -0.910. The van der Waals surface area contributed by atoms with Crippen LogP contribution in [-0.2, 0) is 16.6 Å². The fraction of sp³-hybridized carbons (Fsp3) is 0.538. The van der Waals surface area contributed by atoms with Gasteiger partial charge in [-0.25, -0.2) is 13.1 Å². The molecule has 0 radical (unpaired) electrons. The minimum atomic E-state index is -3.18. The second-order valence-corrected chi connectivity index (χ2v) is 6.33. The summed E-state index contributed by atoms with van der Waals surface area (Å²) in [4.78, 5) is 0. The van der Waals surface area contributed by atoms with Crippen LogP contribution in [0.5, 0.6) is 0 Å². The highest BCUT2D eigenvalue weighted by molar-refractivity contribution is 7.89. The van der Waals surface area contributed by atoms with Crippen LogP contribution in [-0.4, -0.2) is 14.2 Å². The van der Waals surface area contributed by atoms with Crippen LogP contribution >= 0.6 is 0 Å². The van der Waals surface area contributed by atoms with Gasteiger partial charge in [0.05, 0.1) is 5.75 Å². The van der Waals surface area contributed by atoms with Crippen LogP contribution in [0.3, 0.4) is 0 Å². The molecule has 1 rings (SSSR count). The van der Waals surface area contributed by atoms with E-state index in [0.717, 1.165) is 17.5 Å². The first-order valence-electron chi connectivity index (χ1n) is 6.27. The van der Waals surface area contributed by atoms with Gasteiger partial charge in [0, 0.05) is 12.6 Å². The largest absolute Gasteiger partial charge is 0.326 e. The van der Waals surface area contributed by atoms with Crippen molar-refractivity contribution in [3.63, 3.8) is 0 Å². The highest BCUT2D eigenvalue weighted by Crippen LogP contribution is 2.14. The molecule has 0 aliphatic heterocycles. The van der Waals surface area contributed by atoms with Crippen molar-refractivity contribution in [2.75, 3.05) is 5.75 Å². The summed E-state index contributed by atoms with van der Waals surface area (Å²) >= 11 is 0. The first-order valence-corrected chi connectivity index (χ1v) is 7.92. The Kier molecular flexibility index (Phi) is 5.78. The molecular weight excluding hydrogens is 248 g/mol. The minimum Gasteiger partial charge on any atom is -0.326 e. The van der Waals surface area contributed by atoms with Crippen molar-refractivity contribution in [2.45, 2.75) is 39.3 Å². The summed E-state index contributed by atoms with van der Waals surface area (Å²) in [6.45, 7) is 4.32. The molecule has 0 saturated heterocycles. The van der Waals surface area contributed by atoms with Gasteiger partial charge >= 0.3 is 0 Å². The van der Waals surface area contributed by atoms with Crippen LogP contribution in [0.15, 0.2) is 24.3 Å². The highest BCUT2D eigenvalue weighted by atomic mass is 32.2. The average Bonchev–Trinajstić information content (AvgIpc) is 2.36. The predicted molar refractivity (Wildman–Crippen MR) is 74.6 cm³/mol. The molecule has 0 aromatic heterocycles. The Bertz CT molecular complexity index is 454. The number of hydrogen-bond donors (Lipinski definition) is 2. The molecule has 3 N–H and O–H groups in total. The van der Waals surface area contributed by atoms with Gasteiger partial charge in [0.15, 0.2) is 0 Å².